The molecule has 1 aliphatic carbocycles. The Balaban J connectivity index is 1.85. The molecule has 1 saturated carbocycles. The lowest BCUT2D eigenvalue weighted by Gasteiger charge is -2.17. The van der Waals surface area contributed by atoms with E-state index in [1.807, 2.05) is 24.3 Å². The number of nitrogens with one attached hydrogen (secondary N) is 1. The zero-order valence-corrected chi connectivity index (χ0v) is 10.6. The maximum absolute atomic E-state index is 8.75. The molecule has 0 spiro atoms. The van der Waals surface area contributed by atoms with E-state index in [-0.39, 0.29) is 0 Å². The molecule has 2 nitrogen and oxygen atoms in total. The number of rotatable bonds is 5. The van der Waals surface area contributed by atoms with E-state index in [0.717, 1.165) is 23.9 Å². The van der Waals surface area contributed by atoms with Crippen molar-refractivity contribution >= 4 is 0 Å². The van der Waals surface area contributed by atoms with Crippen molar-refractivity contribution in [2.75, 3.05) is 6.54 Å². The van der Waals surface area contributed by atoms with Crippen LogP contribution < -0.4 is 5.32 Å². The van der Waals surface area contributed by atoms with E-state index in [1.54, 1.807) is 0 Å². The minimum absolute atomic E-state index is 0.365. The van der Waals surface area contributed by atoms with Crippen LogP contribution in [0.4, 0.5) is 0 Å². The molecule has 1 fully saturated rings. The average Bonchev–Trinajstić information content (AvgIpc) is 3.20. The Hall–Kier alpha value is -1.33. The van der Waals surface area contributed by atoms with Crippen LogP contribution in [0.3, 0.4) is 0 Å². The van der Waals surface area contributed by atoms with Gasteiger partial charge in [0.05, 0.1) is 11.6 Å². The van der Waals surface area contributed by atoms with Crippen molar-refractivity contribution in [2.24, 2.45) is 11.8 Å². The molecular formula is C15H20N2. The lowest BCUT2D eigenvalue weighted by molar-refractivity contribution is 0.432. The molecule has 0 bridgehead atoms. The summed E-state index contributed by atoms with van der Waals surface area (Å²) in [5, 5.41) is 12.3. The molecule has 2 atom stereocenters. The van der Waals surface area contributed by atoms with E-state index in [0.29, 0.717) is 6.04 Å². The number of nitriles is 1. The van der Waals surface area contributed by atoms with E-state index < -0.39 is 0 Å². The largest absolute Gasteiger partial charge is 0.310 e. The van der Waals surface area contributed by atoms with Crippen molar-refractivity contribution in [2.45, 2.75) is 32.7 Å². The van der Waals surface area contributed by atoms with Gasteiger partial charge in [0.2, 0.25) is 0 Å². The van der Waals surface area contributed by atoms with Gasteiger partial charge in [-0.3, -0.25) is 0 Å². The second-order valence-corrected chi connectivity index (χ2v) is 5.18. The molecule has 0 radical (unpaired) electrons. The lowest BCUT2D eigenvalue weighted by Crippen LogP contribution is -2.25. The first-order chi connectivity index (χ1) is 8.20. The molecular weight excluding hydrogens is 208 g/mol. The van der Waals surface area contributed by atoms with Crippen molar-refractivity contribution in [3.63, 3.8) is 0 Å². The Labute approximate surface area is 104 Å². The maximum atomic E-state index is 8.75. The van der Waals surface area contributed by atoms with Crippen LogP contribution in [0.2, 0.25) is 0 Å². The first kappa shape index (κ1) is 12.1. The number of hydrogen-bond acceptors (Lipinski definition) is 2. The summed E-state index contributed by atoms with van der Waals surface area (Å²) in [5.74, 6) is 1.74. The molecule has 2 rings (SSSR count). The second-order valence-electron chi connectivity index (χ2n) is 5.18. The van der Waals surface area contributed by atoms with Gasteiger partial charge in [0.15, 0.2) is 0 Å². The van der Waals surface area contributed by atoms with Gasteiger partial charge >= 0.3 is 0 Å². The summed E-state index contributed by atoms with van der Waals surface area (Å²) in [6.07, 6.45) is 2.82. The summed E-state index contributed by atoms with van der Waals surface area (Å²) in [6, 6.07) is 10.4. The van der Waals surface area contributed by atoms with Crippen LogP contribution in [0, 0.1) is 23.2 Å². The molecule has 1 aromatic rings. The van der Waals surface area contributed by atoms with Gasteiger partial charge in [0.25, 0.3) is 0 Å². The zero-order chi connectivity index (χ0) is 12.3. The van der Waals surface area contributed by atoms with E-state index >= 15 is 0 Å². The monoisotopic (exact) mass is 228 g/mol. The van der Waals surface area contributed by atoms with E-state index in [2.05, 4.69) is 25.2 Å². The summed E-state index contributed by atoms with van der Waals surface area (Å²) in [6.45, 7) is 5.60. The fourth-order valence-corrected chi connectivity index (χ4v) is 2.16. The normalized spacial score (nSPS) is 18.4. The van der Waals surface area contributed by atoms with E-state index in [9.17, 15) is 0 Å². The molecule has 2 heteroatoms. The second kappa shape index (κ2) is 5.33. The van der Waals surface area contributed by atoms with Crippen LogP contribution in [-0.4, -0.2) is 6.54 Å². The SMILES string of the molecule is CC(NCC(C)C1CC1)c1ccc(C#N)cc1. The Kier molecular flexibility index (Phi) is 3.81. The Morgan fingerprint density at radius 1 is 1.29 bits per heavy atom. The molecule has 0 amide bonds. The molecule has 0 saturated heterocycles. The predicted octanol–water partition coefficient (Wildman–Crippen LogP) is 3.25. The fourth-order valence-electron chi connectivity index (χ4n) is 2.16. The number of benzene rings is 1. The van der Waals surface area contributed by atoms with Crippen LogP contribution in [0.25, 0.3) is 0 Å². The highest BCUT2D eigenvalue weighted by Gasteiger charge is 2.27. The molecule has 17 heavy (non-hydrogen) atoms. The van der Waals surface area contributed by atoms with Crippen molar-refractivity contribution in [3.05, 3.63) is 35.4 Å². The topological polar surface area (TPSA) is 35.8 Å². The van der Waals surface area contributed by atoms with Gasteiger partial charge in [-0.1, -0.05) is 19.1 Å². The maximum Gasteiger partial charge on any atom is 0.0991 e. The highest BCUT2D eigenvalue weighted by molar-refractivity contribution is 5.32. The zero-order valence-electron chi connectivity index (χ0n) is 10.6. The van der Waals surface area contributed by atoms with Crippen LogP contribution >= 0.6 is 0 Å². The summed E-state index contributed by atoms with van der Waals surface area (Å²) in [4.78, 5) is 0. The summed E-state index contributed by atoms with van der Waals surface area (Å²) >= 11 is 0. The Bertz CT molecular complexity index is 398. The third kappa shape index (κ3) is 3.31. The van der Waals surface area contributed by atoms with Gasteiger partial charge < -0.3 is 5.32 Å². The molecule has 0 aromatic heterocycles. The molecule has 1 N–H and O–H groups in total. The van der Waals surface area contributed by atoms with Gasteiger partial charge in [-0.25, -0.2) is 0 Å². The minimum atomic E-state index is 0.365. The number of nitrogens with zero attached hydrogens (tertiary/aromatic N) is 1. The lowest BCUT2D eigenvalue weighted by atomic mass is 10.0. The van der Waals surface area contributed by atoms with Gasteiger partial charge in [-0.15, -0.1) is 0 Å². The standard InChI is InChI=1S/C15H20N2/c1-11(14-7-8-14)10-17-12(2)15-5-3-13(9-16)4-6-15/h3-6,11-12,14,17H,7-8,10H2,1-2H3. The van der Waals surface area contributed by atoms with Crippen LogP contribution in [-0.2, 0) is 0 Å². The molecule has 0 aliphatic heterocycles. The van der Waals surface area contributed by atoms with Crippen molar-refractivity contribution in [1.29, 1.82) is 5.26 Å². The van der Waals surface area contributed by atoms with Crippen LogP contribution in [0.1, 0.15) is 43.9 Å². The first-order valence-corrected chi connectivity index (χ1v) is 6.44. The van der Waals surface area contributed by atoms with Crippen molar-refractivity contribution in [3.8, 4) is 6.07 Å². The first-order valence-electron chi connectivity index (χ1n) is 6.44. The van der Waals surface area contributed by atoms with Crippen molar-refractivity contribution in [1.82, 2.24) is 5.32 Å². The number of hydrogen-bond donors (Lipinski definition) is 1. The van der Waals surface area contributed by atoms with Gasteiger partial charge in [-0.05, 0) is 55.8 Å². The fraction of sp³-hybridized carbons (Fsp3) is 0.533. The highest BCUT2D eigenvalue weighted by Crippen LogP contribution is 2.36. The highest BCUT2D eigenvalue weighted by atomic mass is 14.9. The predicted molar refractivity (Wildman–Crippen MR) is 69.5 cm³/mol. The third-order valence-electron chi connectivity index (χ3n) is 3.71. The Morgan fingerprint density at radius 3 is 2.47 bits per heavy atom. The quantitative estimate of drug-likeness (QED) is 0.839. The minimum Gasteiger partial charge on any atom is -0.310 e. The Morgan fingerprint density at radius 2 is 1.94 bits per heavy atom. The summed E-state index contributed by atoms with van der Waals surface area (Å²) in [5.41, 5.74) is 1.99. The van der Waals surface area contributed by atoms with E-state index in [4.69, 9.17) is 5.26 Å². The van der Waals surface area contributed by atoms with Gasteiger partial charge in [-0.2, -0.15) is 5.26 Å². The third-order valence-corrected chi connectivity index (χ3v) is 3.71. The van der Waals surface area contributed by atoms with Crippen molar-refractivity contribution < 1.29 is 0 Å². The van der Waals surface area contributed by atoms with Crippen LogP contribution in [0.5, 0.6) is 0 Å². The summed E-state index contributed by atoms with van der Waals surface area (Å²) < 4.78 is 0. The smallest absolute Gasteiger partial charge is 0.0991 e. The molecule has 2 unspecified atom stereocenters. The molecule has 90 valence electrons. The van der Waals surface area contributed by atoms with Crippen LogP contribution in [0.15, 0.2) is 24.3 Å². The molecule has 1 aromatic carbocycles. The average molecular weight is 228 g/mol. The summed E-state index contributed by atoms with van der Waals surface area (Å²) in [7, 11) is 0. The van der Waals surface area contributed by atoms with Gasteiger partial charge in [0.1, 0.15) is 0 Å². The van der Waals surface area contributed by atoms with Gasteiger partial charge in [0, 0.05) is 6.04 Å². The van der Waals surface area contributed by atoms with E-state index in [1.165, 1.54) is 18.4 Å². The molecule has 0 heterocycles. The molecule has 1 aliphatic rings.